The number of likely N-dealkylation sites (tertiary alicyclic amines) is 1. The van der Waals surface area contributed by atoms with E-state index in [4.69, 9.17) is 0 Å². The highest BCUT2D eigenvalue weighted by Gasteiger charge is 2.28. The third-order valence-corrected chi connectivity index (χ3v) is 5.63. The van der Waals surface area contributed by atoms with Gasteiger partial charge in [-0.1, -0.05) is 6.07 Å². The Hall–Kier alpha value is -1.66. The van der Waals surface area contributed by atoms with Crippen molar-refractivity contribution < 1.29 is 4.79 Å². The van der Waals surface area contributed by atoms with Gasteiger partial charge in [-0.25, -0.2) is 0 Å². The van der Waals surface area contributed by atoms with Crippen LogP contribution in [0.4, 0.5) is 0 Å². The minimum Gasteiger partial charge on any atom is -0.350 e. The topological polar surface area (TPSA) is 50.2 Å². The summed E-state index contributed by atoms with van der Waals surface area (Å²) >= 11 is 1.68. The summed E-state index contributed by atoms with van der Waals surface area (Å²) in [7, 11) is 2.00. The zero-order valence-corrected chi connectivity index (χ0v) is 14.6. The summed E-state index contributed by atoms with van der Waals surface area (Å²) < 4.78 is 1.97. The van der Waals surface area contributed by atoms with Gasteiger partial charge in [-0.2, -0.15) is 5.10 Å². The van der Waals surface area contributed by atoms with Crippen LogP contribution < -0.4 is 5.32 Å². The SMILES string of the molecule is C[C@H](C(=O)NCc1cccs1)N1CCC(c2ccnn2C)CC1. The maximum absolute atomic E-state index is 12.3. The van der Waals surface area contributed by atoms with Crippen molar-refractivity contribution in [2.24, 2.45) is 7.05 Å². The number of thiophene rings is 1. The zero-order chi connectivity index (χ0) is 16.2. The van der Waals surface area contributed by atoms with Crippen LogP contribution in [0.15, 0.2) is 29.8 Å². The number of carbonyl (C=O) groups excluding carboxylic acids is 1. The fourth-order valence-electron chi connectivity index (χ4n) is 3.27. The van der Waals surface area contributed by atoms with E-state index in [-0.39, 0.29) is 11.9 Å². The highest BCUT2D eigenvalue weighted by molar-refractivity contribution is 7.09. The molecule has 0 unspecified atom stereocenters. The molecule has 2 aromatic heterocycles. The van der Waals surface area contributed by atoms with E-state index in [1.165, 1.54) is 10.6 Å². The van der Waals surface area contributed by atoms with Gasteiger partial charge in [-0.15, -0.1) is 11.3 Å². The molecule has 1 aliphatic heterocycles. The molecule has 1 amide bonds. The number of hydrogen-bond acceptors (Lipinski definition) is 4. The van der Waals surface area contributed by atoms with Gasteiger partial charge in [0.1, 0.15) is 0 Å². The summed E-state index contributed by atoms with van der Waals surface area (Å²) in [5.74, 6) is 0.678. The standard InChI is InChI=1S/C17H24N4OS/c1-13(17(22)18-12-15-4-3-11-23-15)21-9-6-14(7-10-21)16-5-8-19-20(16)2/h3-5,8,11,13-14H,6-7,9-10,12H2,1-2H3,(H,18,22)/t13-/m1/s1. The largest absolute Gasteiger partial charge is 0.350 e. The van der Waals surface area contributed by atoms with Crippen molar-refractivity contribution in [2.45, 2.75) is 38.3 Å². The first-order valence-corrected chi connectivity index (χ1v) is 9.05. The molecule has 0 bridgehead atoms. The first kappa shape index (κ1) is 16.2. The number of piperidine rings is 1. The van der Waals surface area contributed by atoms with Crippen LogP contribution in [-0.2, 0) is 18.4 Å². The van der Waals surface area contributed by atoms with Gasteiger partial charge >= 0.3 is 0 Å². The van der Waals surface area contributed by atoms with E-state index < -0.39 is 0 Å². The molecule has 0 spiro atoms. The fraction of sp³-hybridized carbons (Fsp3) is 0.529. The van der Waals surface area contributed by atoms with Crippen molar-refractivity contribution in [2.75, 3.05) is 13.1 Å². The van der Waals surface area contributed by atoms with Gasteiger partial charge in [-0.05, 0) is 50.4 Å². The van der Waals surface area contributed by atoms with Crippen LogP contribution in [0.2, 0.25) is 0 Å². The van der Waals surface area contributed by atoms with E-state index in [1.54, 1.807) is 11.3 Å². The van der Waals surface area contributed by atoms with Crippen LogP contribution in [0.1, 0.15) is 36.3 Å². The molecule has 0 saturated carbocycles. The second-order valence-electron chi connectivity index (χ2n) is 6.16. The monoisotopic (exact) mass is 332 g/mol. The molecule has 3 heterocycles. The van der Waals surface area contributed by atoms with Gasteiger partial charge in [0.25, 0.3) is 0 Å². The quantitative estimate of drug-likeness (QED) is 0.914. The number of aromatic nitrogens is 2. The van der Waals surface area contributed by atoms with Crippen molar-refractivity contribution in [3.05, 3.63) is 40.3 Å². The average Bonchev–Trinajstić information content (AvgIpc) is 3.23. The van der Waals surface area contributed by atoms with Crippen molar-refractivity contribution in [3.8, 4) is 0 Å². The van der Waals surface area contributed by atoms with Gasteiger partial charge in [-0.3, -0.25) is 14.4 Å². The molecule has 1 atom stereocenters. The lowest BCUT2D eigenvalue weighted by Crippen LogP contribution is -2.47. The molecule has 1 saturated heterocycles. The van der Waals surface area contributed by atoms with Gasteiger partial charge < -0.3 is 5.32 Å². The third kappa shape index (κ3) is 3.82. The normalized spacial score (nSPS) is 18.0. The highest BCUT2D eigenvalue weighted by atomic mass is 32.1. The molecule has 124 valence electrons. The van der Waals surface area contributed by atoms with Crippen LogP contribution in [0.25, 0.3) is 0 Å². The second kappa shape index (κ2) is 7.27. The number of carbonyl (C=O) groups is 1. The van der Waals surface area contributed by atoms with E-state index in [0.29, 0.717) is 12.5 Å². The van der Waals surface area contributed by atoms with Crippen LogP contribution in [0, 0.1) is 0 Å². The Kier molecular flexibility index (Phi) is 5.13. The zero-order valence-electron chi connectivity index (χ0n) is 13.7. The van der Waals surface area contributed by atoms with Crippen molar-refractivity contribution >= 4 is 17.2 Å². The minimum absolute atomic E-state index is 0.0672. The summed E-state index contributed by atoms with van der Waals surface area (Å²) in [6, 6.07) is 6.10. The summed E-state index contributed by atoms with van der Waals surface area (Å²) in [4.78, 5) is 15.8. The van der Waals surface area contributed by atoms with Crippen LogP contribution in [-0.4, -0.2) is 39.7 Å². The van der Waals surface area contributed by atoms with Crippen LogP contribution in [0.5, 0.6) is 0 Å². The van der Waals surface area contributed by atoms with Gasteiger partial charge in [0.15, 0.2) is 0 Å². The fourth-order valence-corrected chi connectivity index (χ4v) is 3.91. The molecule has 1 aliphatic rings. The summed E-state index contributed by atoms with van der Waals surface area (Å²) in [5, 5.41) is 9.34. The van der Waals surface area contributed by atoms with E-state index in [1.807, 2.05) is 36.3 Å². The minimum atomic E-state index is -0.0672. The number of nitrogens with zero attached hydrogens (tertiary/aromatic N) is 3. The maximum Gasteiger partial charge on any atom is 0.237 e. The Morgan fingerprint density at radius 2 is 2.22 bits per heavy atom. The first-order valence-electron chi connectivity index (χ1n) is 8.17. The molecule has 6 heteroatoms. The molecule has 0 aromatic carbocycles. The van der Waals surface area contributed by atoms with Crippen molar-refractivity contribution in [1.29, 1.82) is 0 Å². The molecule has 0 aliphatic carbocycles. The van der Waals surface area contributed by atoms with E-state index in [0.717, 1.165) is 25.9 Å². The average molecular weight is 332 g/mol. The third-order valence-electron chi connectivity index (χ3n) is 4.75. The van der Waals surface area contributed by atoms with Gasteiger partial charge in [0, 0.05) is 29.7 Å². The lowest BCUT2D eigenvalue weighted by molar-refractivity contribution is -0.126. The maximum atomic E-state index is 12.3. The number of nitrogens with one attached hydrogen (secondary N) is 1. The number of rotatable bonds is 5. The van der Waals surface area contributed by atoms with Crippen LogP contribution >= 0.6 is 11.3 Å². The number of aryl methyl sites for hydroxylation is 1. The lowest BCUT2D eigenvalue weighted by atomic mass is 9.92. The Morgan fingerprint density at radius 3 is 2.83 bits per heavy atom. The van der Waals surface area contributed by atoms with E-state index in [9.17, 15) is 4.79 Å². The number of amides is 1. The van der Waals surface area contributed by atoms with E-state index in [2.05, 4.69) is 27.4 Å². The van der Waals surface area contributed by atoms with Gasteiger partial charge in [0.05, 0.1) is 12.6 Å². The Balaban J connectivity index is 1.48. The van der Waals surface area contributed by atoms with Crippen molar-refractivity contribution in [1.82, 2.24) is 20.0 Å². The van der Waals surface area contributed by atoms with Gasteiger partial charge in [0.2, 0.25) is 5.91 Å². The Bertz CT molecular complexity index is 629. The molecule has 2 aromatic rings. The Labute approximate surface area is 141 Å². The smallest absolute Gasteiger partial charge is 0.237 e. The lowest BCUT2D eigenvalue weighted by Gasteiger charge is -2.35. The first-order chi connectivity index (χ1) is 11.1. The summed E-state index contributed by atoms with van der Waals surface area (Å²) in [6.07, 6.45) is 4.03. The molecule has 3 rings (SSSR count). The van der Waals surface area contributed by atoms with Crippen molar-refractivity contribution in [3.63, 3.8) is 0 Å². The molecular formula is C17H24N4OS. The predicted octanol–water partition coefficient (Wildman–Crippen LogP) is 2.37. The summed E-state index contributed by atoms with van der Waals surface area (Å²) in [6.45, 7) is 4.56. The molecular weight excluding hydrogens is 308 g/mol. The summed E-state index contributed by atoms with van der Waals surface area (Å²) in [5.41, 5.74) is 1.31. The van der Waals surface area contributed by atoms with Crippen LogP contribution in [0.3, 0.4) is 0 Å². The Morgan fingerprint density at radius 1 is 1.43 bits per heavy atom. The molecule has 5 nitrogen and oxygen atoms in total. The number of hydrogen-bond donors (Lipinski definition) is 1. The highest BCUT2D eigenvalue weighted by Crippen LogP contribution is 2.28. The molecule has 23 heavy (non-hydrogen) atoms. The second-order valence-corrected chi connectivity index (χ2v) is 7.20. The van der Waals surface area contributed by atoms with E-state index >= 15 is 0 Å². The molecule has 1 N–H and O–H groups in total. The molecule has 1 fully saturated rings. The predicted molar refractivity (Wildman–Crippen MR) is 92.4 cm³/mol. The molecule has 0 radical (unpaired) electrons.